The molecular formula is C20H19ClFN5O. The van der Waals surface area contributed by atoms with Crippen LogP contribution in [0, 0.1) is 5.82 Å². The zero-order valence-electron chi connectivity index (χ0n) is 15.1. The van der Waals surface area contributed by atoms with Crippen molar-refractivity contribution in [1.29, 1.82) is 0 Å². The summed E-state index contributed by atoms with van der Waals surface area (Å²) in [4.78, 5) is 25.1. The number of carbonyl (C=O) groups is 1. The Morgan fingerprint density at radius 3 is 2.46 bits per heavy atom. The lowest BCUT2D eigenvalue weighted by Gasteiger charge is -2.35. The second kappa shape index (κ2) is 7.98. The molecule has 0 bridgehead atoms. The zero-order valence-corrected chi connectivity index (χ0v) is 15.9. The van der Waals surface area contributed by atoms with Crippen molar-refractivity contribution in [2.75, 3.05) is 31.1 Å². The third kappa shape index (κ3) is 3.84. The summed E-state index contributed by atoms with van der Waals surface area (Å²) in [5.74, 6) is 1.05. The second-order valence-corrected chi connectivity index (χ2v) is 6.98. The van der Waals surface area contributed by atoms with Gasteiger partial charge in [-0.2, -0.15) is 0 Å². The first-order valence-corrected chi connectivity index (χ1v) is 9.40. The van der Waals surface area contributed by atoms with Gasteiger partial charge in [0.2, 0.25) is 5.91 Å². The van der Waals surface area contributed by atoms with Crippen LogP contribution in [0.2, 0.25) is 5.02 Å². The molecule has 0 N–H and O–H groups in total. The van der Waals surface area contributed by atoms with Crippen molar-refractivity contribution >= 4 is 23.3 Å². The Labute approximate surface area is 167 Å². The van der Waals surface area contributed by atoms with Gasteiger partial charge in [0.15, 0.2) is 0 Å². The Morgan fingerprint density at radius 2 is 1.75 bits per heavy atom. The lowest BCUT2D eigenvalue weighted by molar-refractivity contribution is -0.130. The van der Waals surface area contributed by atoms with E-state index in [9.17, 15) is 9.18 Å². The van der Waals surface area contributed by atoms with E-state index >= 15 is 0 Å². The molecular weight excluding hydrogens is 381 g/mol. The van der Waals surface area contributed by atoms with E-state index in [0.29, 0.717) is 26.2 Å². The van der Waals surface area contributed by atoms with Crippen molar-refractivity contribution in [3.63, 3.8) is 0 Å². The number of hydrogen-bond acceptors (Lipinski definition) is 4. The van der Waals surface area contributed by atoms with Gasteiger partial charge >= 0.3 is 0 Å². The third-order valence-electron chi connectivity index (χ3n) is 4.85. The van der Waals surface area contributed by atoms with Gasteiger partial charge in [-0.1, -0.05) is 17.7 Å². The van der Waals surface area contributed by atoms with Gasteiger partial charge in [-0.15, -0.1) is 0 Å². The smallest absolute Gasteiger partial charge is 0.227 e. The molecule has 8 heteroatoms. The Kier molecular flexibility index (Phi) is 5.25. The Balaban J connectivity index is 1.40. The minimum absolute atomic E-state index is 0.0310. The van der Waals surface area contributed by atoms with Crippen LogP contribution in [0.1, 0.15) is 5.56 Å². The van der Waals surface area contributed by atoms with Crippen molar-refractivity contribution in [2.45, 2.75) is 6.42 Å². The molecule has 2 aromatic heterocycles. The molecule has 1 aromatic carbocycles. The highest BCUT2D eigenvalue weighted by molar-refractivity contribution is 6.31. The van der Waals surface area contributed by atoms with Crippen molar-refractivity contribution in [2.24, 2.45) is 0 Å². The maximum Gasteiger partial charge on any atom is 0.227 e. The molecule has 0 radical (unpaired) electrons. The average molecular weight is 400 g/mol. The van der Waals surface area contributed by atoms with E-state index in [2.05, 4.69) is 14.9 Å². The van der Waals surface area contributed by atoms with Crippen LogP contribution in [0.5, 0.6) is 0 Å². The first-order chi connectivity index (χ1) is 13.6. The summed E-state index contributed by atoms with van der Waals surface area (Å²) < 4.78 is 15.9. The van der Waals surface area contributed by atoms with E-state index in [1.165, 1.54) is 12.1 Å². The molecule has 4 rings (SSSR count). The van der Waals surface area contributed by atoms with Crippen molar-refractivity contribution in [1.82, 2.24) is 19.4 Å². The van der Waals surface area contributed by atoms with Crippen LogP contribution in [0.4, 0.5) is 10.2 Å². The minimum Gasteiger partial charge on any atom is -0.353 e. The van der Waals surface area contributed by atoms with E-state index in [0.717, 1.165) is 11.6 Å². The van der Waals surface area contributed by atoms with Crippen LogP contribution in [0.15, 0.2) is 55.1 Å². The molecule has 3 aromatic rings. The normalized spacial score (nSPS) is 14.4. The molecule has 1 fully saturated rings. The van der Waals surface area contributed by atoms with Crippen LogP contribution in [-0.2, 0) is 11.2 Å². The minimum atomic E-state index is -0.446. The van der Waals surface area contributed by atoms with E-state index in [1.807, 2.05) is 35.2 Å². The van der Waals surface area contributed by atoms with E-state index in [-0.39, 0.29) is 22.9 Å². The van der Waals surface area contributed by atoms with Gasteiger partial charge in [-0.05, 0) is 24.3 Å². The monoisotopic (exact) mass is 399 g/mol. The number of halogens is 2. The highest BCUT2D eigenvalue weighted by atomic mass is 35.5. The maximum atomic E-state index is 13.9. The van der Waals surface area contributed by atoms with Gasteiger partial charge in [0.1, 0.15) is 23.8 Å². The second-order valence-electron chi connectivity index (χ2n) is 6.57. The van der Waals surface area contributed by atoms with Gasteiger partial charge in [0, 0.05) is 55.2 Å². The zero-order chi connectivity index (χ0) is 19.5. The molecule has 144 valence electrons. The van der Waals surface area contributed by atoms with Crippen LogP contribution in [-0.4, -0.2) is 51.5 Å². The molecule has 0 spiro atoms. The van der Waals surface area contributed by atoms with Crippen LogP contribution >= 0.6 is 11.6 Å². The van der Waals surface area contributed by atoms with Gasteiger partial charge in [-0.3, -0.25) is 4.79 Å². The number of nitrogens with zero attached hydrogens (tertiary/aromatic N) is 5. The summed E-state index contributed by atoms with van der Waals surface area (Å²) >= 11 is 6.04. The fourth-order valence-corrected chi connectivity index (χ4v) is 3.52. The topological polar surface area (TPSA) is 54.3 Å². The lowest BCUT2D eigenvalue weighted by atomic mass is 10.1. The maximum absolute atomic E-state index is 13.9. The number of carbonyl (C=O) groups excluding carboxylic acids is 1. The van der Waals surface area contributed by atoms with Crippen molar-refractivity contribution < 1.29 is 9.18 Å². The van der Waals surface area contributed by atoms with Crippen molar-refractivity contribution in [3.05, 3.63) is 71.5 Å². The van der Waals surface area contributed by atoms with Crippen LogP contribution < -0.4 is 4.90 Å². The van der Waals surface area contributed by atoms with E-state index < -0.39 is 5.82 Å². The number of piperazine rings is 1. The first-order valence-electron chi connectivity index (χ1n) is 9.03. The largest absolute Gasteiger partial charge is 0.353 e. The van der Waals surface area contributed by atoms with Crippen molar-refractivity contribution in [3.8, 4) is 5.82 Å². The fourth-order valence-electron chi connectivity index (χ4n) is 3.29. The predicted molar refractivity (Wildman–Crippen MR) is 105 cm³/mol. The molecule has 0 unspecified atom stereocenters. The summed E-state index contributed by atoms with van der Waals surface area (Å²) in [6.45, 7) is 2.40. The van der Waals surface area contributed by atoms with Crippen LogP contribution in [0.3, 0.4) is 0 Å². The molecule has 1 aliphatic heterocycles. The summed E-state index contributed by atoms with van der Waals surface area (Å²) in [7, 11) is 0. The molecule has 0 aliphatic carbocycles. The quantitative estimate of drug-likeness (QED) is 0.677. The number of aromatic nitrogens is 3. The van der Waals surface area contributed by atoms with E-state index in [4.69, 9.17) is 11.6 Å². The molecule has 3 heterocycles. The molecule has 28 heavy (non-hydrogen) atoms. The molecule has 0 saturated carbocycles. The van der Waals surface area contributed by atoms with Crippen LogP contribution in [0.25, 0.3) is 5.82 Å². The van der Waals surface area contributed by atoms with Gasteiger partial charge < -0.3 is 14.4 Å². The van der Waals surface area contributed by atoms with E-state index in [1.54, 1.807) is 17.3 Å². The summed E-state index contributed by atoms with van der Waals surface area (Å²) in [5, 5.41) is 0.283. The number of rotatable bonds is 4. The molecule has 0 atom stereocenters. The Hall–Kier alpha value is -2.93. The first kappa shape index (κ1) is 18.4. The van der Waals surface area contributed by atoms with Gasteiger partial charge in [-0.25, -0.2) is 14.4 Å². The molecule has 1 saturated heterocycles. The molecule has 1 amide bonds. The predicted octanol–water partition coefficient (Wildman–Crippen LogP) is 2.95. The highest BCUT2D eigenvalue weighted by Crippen LogP contribution is 2.21. The molecule has 6 nitrogen and oxygen atoms in total. The summed E-state index contributed by atoms with van der Waals surface area (Å²) in [6, 6.07) is 10.3. The fraction of sp³-hybridized carbons (Fsp3) is 0.250. The Bertz CT molecular complexity index is 950. The number of amides is 1. The lowest BCUT2D eigenvalue weighted by Crippen LogP contribution is -2.49. The number of anilines is 1. The highest BCUT2D eigenvalue weighted by Gasteiger charge is 2.23. The third-order valence-corrected chi connectivity index (χ3v) is 5.21. The van der Waals surface area contributed by atoms with Gasteiger partial charge in [0.25, 0.3) is 0 Å². The Morgan fingerprint density at radius 1 is 1.04 bits per heavy atom. The standard InChI is InChI=1S/C20H19ClFN5O/c21-16-4-3-5-17(22)15(16)12-20(28)27-10-8-26(9-11-27)19-13-18(23-14-24-19)25-6-1-2-7-25/h1-7,13-14H,8-12H2. The summed E-state index contributed by atoms with van der Waals surface area (Å²) in [6.07, 6.45) is 5.37. The molecule has 1 aliphatic rings. The van der Waals surface area contributed by atoms with Gasteiger partial charge in [0.05, 0.1) is 6.42 Å². The number of hydrogen-bond donors (Lipinski definition) is 0. The number of benzene rings is 1. The average Bonchev–Trinajstić information content (AvgIpc) is 3.26. The SMILES string of the molecule is O=C(Cc1c(F)cccc1Cl)N1CCN(c2cc(-n3cccc3)ncn2)CC1. The summed E-state index contributed by atoms with van der Waals surface area (Å²) in [5.41, 5.74) is 0.253.